The van der Waals surface area contributed by atoms with E-state index >= 15 is 0 Å². The molecular weight excluding hydrogens is 178 g/mol. The average Bonchev–Trinajstić information content (AvgIpc) is 2.00. The van der Waals surface area contributed by atoms with Gasteiger partial charge in [-0.05, 0) is 34.1 Å². The lowest BCUT2D eigenvalue weighted by Gasteiger charge is -2.23. The van der Waals surface area contributed by atoms with Gasteiger partial charge in [-0.3, -0.25) is 4.90 Å². The van der Waals surface area contributed by atoms with Crippen molar-refractivity contribution in [3.8, 4) is 0 Å². The molecule has 3 nitrogen and oxygen atoms in total. The SMILES string of the molecule is CCC(C)=CN(C)C(=O)OC(C)(C)C. The van der Waals surface area contributed by atoms with Crippen molar-refractivity contribution < 1.29 is 9.53 Å². The first-order chi connectivity index (χ1) is 6.26. The molecule has 0 N–H and O–H groups in total. The minimum absolute atomic E-state index is 0.315. The number of ether oxygens (including phenoxy) is 1. The molecule has 0 atom stereocenters. The van der Waals surface area contributed by atoms with E-state index in [0.29, 0.717) is 0 Å². The van der Waals surface area contributed by atoms with Crippen molar-refractivity contribution in [2.75, 3.05) is 7.05 Å². The highest BCUT2D eigenvalue weighted by Gasteiger charge is 2.18. The maximum absolute atomic E-state index is 11.5. The molecular formula is C11H21NO2. The van der Waals surface area contributed by atoms with Gasteiger partial charge in [-0.1, -0.05) is 12.5 Å². The Morgan fingerprint density at radius 3 is 2.29 bits per heavy atom. The van der Waals surface area contributed by atoms with Gasteiger partial charge in [0.05, 0.1) is 0 Å². The summed E-state index contributed by atoms with van der Waals surface area (Å²) in [6, 6.07) is 0. The fraction of sp³-hybridized carbons (Fsp3) is 0.727. The van der Waals surface area contributed by atoms with E-state index in [4.69, 9.17) is 4.74 Å². The molecule has 0 radical (unpaired) electrons. The molecule has 0 spiro atoms. The van der Waals surface area contributed by atoms with Crippen molar-refractivity contribution in [2.45, 2.75) is 46.6 Å². The summed E-state index contributed by atoms with van der Waals surface area (Å²) in [5.74, 6) is 0. The predicted molar refractivity (Wildman–Crippen MR) is 58.0 cm³/mol. The second-order valence-corrected chi connectivity index (χ2v) is 4.42. The summed E-state index contributed by atoms with van der Waals surface area (Å²) in [7, 11) is 1.70. The Hall–Kier alpha value is -0.990. The van der Waals surface area contributed by atoms with Crippen LogP contribution in [0.1, 0.15) is 41.0 Å². The van der Waals surface area contributed by atoms with Crippen molar-refractivity contribution >= 4 is 6.09 Å². The van der Waals surface area contributed by atoms with Crippen molar-refractivity contribution in [1.82, 2.24) is 4.90 Å². The normalized spacial score (nSPS) is 12.6. The van der Waals surface area contributed by atoms with Crippen LogP contribution in [-0.4, -0.2) is 23.6 Å². The maximum Gasteiger partial charge on any atom is 0.414 e. The molecule has 0 bridgehead atoms. The largest absolute Gasteiger partial charge is 0.443 e. The molecule has 0 saturated heterocycles. The highest BCUT2D eigenvalue weighted by atomic mass is 16.6. The van der Waals surface area contributed by atoms with E-state index in [2.05, 4.69) is 6.92 Å². The summed E-state index contributed by atoms with van der Waals surface area (Å²) in [4.78, 5) is 12.9. The van der Waals surface area contributed by atoms with Gasteiger partial charge in [0.25, 0.3) is 0 Å². The maximum atomic E-state index is 11.5. The Morgan fingerprint density at radius 2 is 1.93 bits per heavy atom. The van der Waals surface area contributed by atoms with Gasteiger partial charge in [-0.25, -0.2) is 4.79 Å². The number of carbonyl (C=O) groups is 1. The van der Waals surface area contributed by atoms with Crippen LogP contribution in [-0.2, 0) is 4.74 Å². The number of hydrogen-bond donors (Lipinski definition) is 0. The number of rotatable bonds is 2. The first-order valence-electron chi connectivity index (χ1n) is 4.89. The summed E-state index contributed by atoms with van der Waals surface area (Å²) in [5.41, 5.74) is 0.720. The summed E-state index contributed by atoms with van der Waals surface area (Å²) in [5, 5.41) is 0. The third-order valence-corrected chi connectivity index (χ3v) is 1.65. The Kier molecular flexibility index (Phi) is 4.68. The molecule has 0 aliphatic rings. The predicted octanol–water partition coefficient (Wildman–Crippen LogP) is 3.17. The van der Waals surface area contributed by atoms with Gasteiger partial charge in [0.1, 0.15) is 5.60 Å². The average molecular weight is 199 g/mol. The lowest BCUT2D eigenvalue weighted by molar-refractivity contribution is 0.0370. The van der Waals surface area contributed by atoms with Gasteiger partial charge >= 0.3 is 6.09 Å². The van der Waals surface area contributed by atoms with Gasteiger partial charge < -0.3 is 4.74 Å². The van der Waals surface area contributed by atoms with E-state index in [1.54, 1.807) is 13.2 Å². The van der Waals surface area contributed by atoms with E-state index in [1.807, 2.05) is 27.7 Å². The van der Waals surface area contributed by atoms with Gasteiger partial charge in [0.15, 0.2) is 0 Å². The van der Waals surface area contributed by atoms with Crippen LogP contribution in [0.5, 0.6) is 0 Å². The van der Waals surface area contributed by atoms with E-state index in [1.165, 1.54) is 4.90 Å². The number of nitrogens with zero attached hydrogens (tertiary/aromatic N) is 1. The molecule has 0 aliphatic carbocycles. The Morgan fingerprint density at radius 1 is 1.43 bits per heavy atom. The zero-order valence-corrected chi connectivity index (χ0v) is 10.0. The molecule has 0 fully saturated rings. The van der Waals surface area contributed by atoms with Gasteiger partial charge in [0, 0.05) is 13.2 Å². The van der Waals surface area contributed by atoms with Crippen LogP contribution in [0.2, 0.25) is 0 Å². The minimum atomic E-state index is -0.431. The van der Waals surface area contributed by atoms with Crippen LogP contribution < -0.4 is 0 Å². The van der Waals surface area contributed by atoms with Gasteiger partial charge in [-0.2, -0.15) is 0 Å². The summed E-state index contributed by atoms with van der Waals surface area (Å²) in [6.45, 7) is 9.61. The first-order valence-corrected chi connectivity index (χ1v) is 4.89. The van der Waals surface area contributed by atoms with E-state index in [9.17, 15) is 4.79 Å². The number of allylic oxidation sites excluding steroid dienone is 1. The molecule has 0 rings (SSSR count). The van der Waals surface area contributed by atoms with Crippen LogP contribution in [0.3, 0.4) is 0 Å². The lowest BCUT2D eigenvalue weighted by atomic mass is 10.2. The summed E-state index contributed by atoms with van der Waals surface area (Å²) < 4.78 is 5.19. The second kappa shape index (κ2) is 5.03. The number of hydrogen-bond acceptors (Lipinski definition) is 2. The molecule has 0 aromatic carbocycles. The van der Waals surface area contributed by atoms with Crippen LogP contribution in [0.15, 0.2) is 11.8 Å². The fourth-order valence-electron chi connectivity index (χ4n) is 0.808. The van der Waals surface area contributed by atoms with Crippen LogP contribution in [0.4, 0.5) is 4.79 Å². The quantitative estimate of drug-likeness (QED) is 0.683. The smallest absolute Gasteiger partial charge is 0.414 e. The molecule has 0 heterocycles. The zero-order chi connectivity index (χ0) is 11.4. The molecule has 0 aromatic heterocycles. The fourth-order valence-corrected chi connectivity index (χ4v) is 0.808. The van der Waals surface area contributed by atoms with E-state index in [-0.39, 0.29) is 6.09 Å². The van der Waals surface area contributed by atoms with E-state index < -0.39 is 5.60 Å². The Labute approximate surface area is 86.7 Å². The van der Waals surface area contributed by atoms with Crippen molar-refractivity contribution in [1.29, 1.82) is 0 Å². The molecule has 0 aromatic rings. The van der Waals surface area contributed by atoms with Crippen molar-refractivity contribution in [3.63, 3.8) is 0 Å². The number of amides is 1. The van der Waals surface area contributed by atoms with E-state index in [0.717, 1.165) is 12.0 Å². The van der Waals surface area contributed by atoms with Crippen molar-refractivity contribution in [3.05, 3.63) is 11.8 Å². The third-order valence-electron chi connectivity index (χ3n) is 1.65. The summed E-state index contributed by atoms with van der Waals surface area (Å²) >= 11 is 0. The van der Waals surface area contributed by atoms with Crippen molar-refractivity contribution in [2.24, 2.45) is 0 Å². The van der Waals surface area contributed by atoms with Gasteiger partial charge in [-0.15, -0.1) is 0 Å². The standard InChI is InChI=1S/C11H21NO2/c1-7-9(2)8-12(6)10(13)14-11(3,4)5/h8H,7H2,1-6H3. The third kappa shape index (κ3) is 5.62. The minimum Gasteiger partial charge on any atom is -0.443 e. The Balaban J connectivity index is 4.27. The molecule has 0 unspecified atom stereocenters. The Bertz CT molecular complexity index is 226. The van der Waals surface area contributed by atoms with Crippen LogP contribution >= 0.6 is 0 Å². The molecule has 3 heteroatoms. The van der Waals surface area contributed by atoms with Gasteiger partial charge in [0.2, 0.25) is 0 Å². The zero-order valence-electron chi connectivity index (χ0n) is 10.0. The molecule has 0 saturated carbocycles. The number of carbonyl (C=O) groups excluding carboxylic acids is 1. The summed E-state index contributed by atoms with van der Waals surface area (Å²) in [6.07, 6.45) is 2.42. The highest BCUT2D eigenvalue weighted by molar-refractivity contribution is 5.69. The molecule has 0 aliphatic heterocycles. The first kappa shape index (κ1) is 13.0. The molecule has 82 valence electrons. The van der Waals surface area contributed by atoms with Crippen LogP contribution in [0, 0.1) is 0 Å². The molecule has 1 amide bonds. The highest BCUT2D eigenvalue weighted by Crippen LogP contribution is 2.10. The monoisotopic (exact) mass is 199 g/mol. The molecule has 14 heavy (non-hydrogen) atoms. The second-order valence-electron chi connectivity index (χ2n) is 4.42. The van der Waals surface area contributed by atoms with Crippen LogP contribution in [0.25, 0.3) is 0 Å². The lowest BCUT2D eigenvalue weighted by Crippen LogP contribution is -2.31. The topological polar surface area (TPSA) is 29.5 Å².